The maximum atomic E-state index is 13.4. The van der Waals surface area contributed by atoms with Crippen LogP contribution in [-0.4, -0.2) is 24.2 Å². The highest BCUT2D eigenvalue weighted by atomic mass is 16.4. The Morgan fingerprint density at radius 3 is 2.24 bits per heavy atom. The van der Waals surface area contributed by atoms with Gasteiger partial charge in [0.2, 0.25) is 0 Å². The predicted octanol–water partition coefficient (Wildman–Crippen LogP) is 7.66. The lowest BCUT2D eigenvalue weighted by Crippen LogP contribution is -2.37. The molecule has 37 heavy (non-hydrogen) atoms. The van der Waals surface area contributed by atoms with Gasteiger partial charge in [-0.05, 0) is 46.7 Å². The van der Waals surface area contributed by atoms with E-state index in [0.717, 1.165) is 39.0 Å². The second-order valence-corrected chi connectivity index (χ2v) is 8.90. The van der Waals surface area contributed by atoms with E-state index < -0.39 is 5.97 Å². The van der Waals surface area contributed by atoms with Crippen LogP contribution in [0.25, 0.3) is 21.9 Å². The lowest BCUT2D eigenvalue weighted by atomic mass is 9.92. The second kappa shape index (κ2) is 8.84. The number of carbonyl (C=O) groups excluding carboxylic acids is 1. The van der Waals surface area contributed by atoms with Crippen molar-refractivity contribution < 1.29 is 14.7 Å². The van der Waals surface area contributed by atoms with E-state index in [-0.39, 0.29) is 11.6 Å². The molecule has 0 aliphatic carbocycles. The molecule has 0 radical (unpaired) electrons. The molecule has 1 heterocycles. The Labute approximate surface area is 214 Å². The van der Waals surface area contributed by atoms with E-state index in [1.165, 1.54) is 0 Å². The number of carboxylic acid groups (broad SMARTS) is 1. The smallest absolute Gasteiger partial charge is 0.337 e. The van der Waals surface area contributed by atoms with Crippen LogP contribution in [0.5, 0.6) is 0 Å². The largest absolute Gasteiger partial charge is 0.478 e. The van der Waals surface area contributed by atoms with E-state index in [2.05, 4.69) is 5.32 Å². The Morgan fingerprint density at radius 2 is 1.46 bits per heavy atom. The van der Waals surface area contributed by atoms with E-state index in [9.17, 15) is 14.7 Å². The second-order valence-electron chi connectivity index (χ2n) is 8.90. The monoisotopic (exact) mass is 485 g/mol. The number of rotatable bonds is 5. The average Bonchev–Trinajstić information content (AvgIpc) is 2.93. The van der Waals surface area contributed by atoms with Crippen molar-refractivity contribution in [2.45, 2.75) is 0 Å². The molecule has 0 saturated heterocycles. The van der Waals surface area contributed by atoms with E-state index in [1.807, 2.05) is 95.9 Å². The van der Waals surface area contributed by atoms with Crippen LogP contribution in [0.2, 0.25) is 0 Å². The summed E-state index contributed by atoms with van der Waals surface area (Å²) in [6.07, 6.45) is 0. The Bertz CT molecular complexity index is 1680. The van der Waals surface area contributed by atoms with Gasteiger partial charge < -0.3 is 15.3 Å². The summed E-state index contributed by atoms with van der Waals surface area (Å²) in [4.78, 5) is 28.9. The van der Waals surface area contributed by atoms with Crippen molar-refractivity contribution in [2.75, 3.05) is 22.2 Å². The number of urea groups is 1. The van der Waals surface area contributed by atoms with E-state index in [0.29, 0.717) is 11.4 Å². The molecule has 0 atom stereocenters. The van der Waals surface area contributed by atoms with Gasteiger partial charge in [0.05, 0.1) is 28.3 Å². The standard InChI is InChI=1S/C31H23N3O3/c1-33(31(37)32-23-16-15-20-9-5-6-12-22(20)19-23)29-27-18-17-24(21-10-3-2-4-11-21)28(29)34(27)26-14-8-7-13-25(26)30(35)36/h2-19H,1H3,(H,32,37)(H,35,36). The number of anilines is 5. The van der Waals surface area contributed by atoms with Gasteiger partial charge in [-0.1, -0.05) is 78.9 Å². The lowest BCUT2D eigenvalue weighted by Gasteiger charge is -2.43. The minimum absolute atomic E-state index is 0.197. The number of nitrogens with zero attached hydrogens (tertiary/aromatic N) is 2. The minimum Gasteiger partial charge on any atom is -0.478 e. The molecule has 6 rings (SSSR count). The minimum atomic E-state index is -1.00. The van der Waals surface area contributed by atoms with Gasteiger partial charge in [0.1, 0.15) is 0 Å². The molecule has 0 aromatic heterocycles. The van der Waals surface area contributed by atoms with Gasteiger partial charge in [-0.25, -0.2) is 9.59 Å². The Kier molecular flexibility index (Phi) is 5.34. The van der Waals surface area contributed by atoms with Gasteiger partial charge in [0.25, 0.3) is 0 Å². The van der Waals surface area contributed by atoms with Crippen molar-refractivity contribution in [3.63, 3.8) is 0 Å². The molecular formula is C31H23N3O3. The number of hydrogen-bond acceptors (Lipinski definition) is 3. The van der Waals surface area contributed by atoms with Gasteiger partial charge in [0.15, 0.2) is 0 Å². The zero-order valence-electron chi connectivity index (χ0n) is 20.1. The number of carbonyl (C=O) groups is 2. The number of para-hydroxylation sites is 1. The zero-order valence-corrected chi connectivity index (χ0v) is 20.1. The van der Waals surface area contributed by atoms with Gasteiger partial charge in [-0.3, -0.25) is 4.90 Å². The molecule has 5 aromatic carbocycles. The number of amides is 2. The lowest BCUT2D eigenvalue weighted by molar-refractivity contribution is 0.0697. The van der Waals surface area contributed by atoms with Crippen molar-refractivity contribution in [3.05, 3.63) is 115 Å². The van der Waals surface area contributed by atoms with Crippen LogP contribution in [0.1, 0.15) is 10.4 Å². The summed E-state index contributed by atoms with van der Waals surface area (Å²) < 4.78 is 0. The van der Waals surface area contributed by atoms with Crippen molar-refractivity contribution in [3.8, 4) is 11.1 Å². The summed E-state index contributed by atoms with van der Waals surface area (Å²) in [5.41, 5.74) is 5.63. The Hall–Kier alpha value is -5.10. The first-order valence-electron chi connectivity index (χ1n) is 11.9. The summed E-state index contributed by atoms with van der Waals surface area (Å²) in [7, 11) is 1.73. The van der Waals surface area contributed by atoms with Crippen molar-refractivity contribution >= 4 is 51.2 Å². The third-order valence-corrected chi connectivity index (χ3v) is 6.70. The number of fused-ring (bicyclic) bond motifs is 3. The summed E-state index contributed by atoms with van der Waals surface area (Å²) in [5, 5.41) is 15.0. The van der Waals surface area contributed by atoms with Gasteiger partial charge >= 0.3 is 12.0 Å². The molecular weight excluding hydrogens is 462 g/mol. The first kappa shape index (κ1) is 22.4. The highest BCUT2D eigenvalue weighted by molar-refractivity contribution is 6.18. The van der Waals surface area contributed by atoms with Gasteiger partial charge in [-0.15, -0.1) is 0 Å². The highest BCUT2D eigenvalue weighted by Crippen LogP contribution is 2.60. The molecule has 0 fully saturated rings. The summed E-state index contributed by atoms with van der Waals surface area (Å²) >= 11 is 0. The third kappa shape index (κ3) is 3.76. The van der Waals surface area contributed by atoms with Crippen LogP contribution >= 0.6 is 0 Å². The van der Waals surface area contributed by atoms with Crippen molar-refractivity contribution in [1.82, 2.24) is 0 Å². The molecule has 0 saturated carbocycles. The molecule has 0 unspecified atom stereocenters. The predicted molar refractivity (Wildman–Crippen MR) is 148 cm³/mol. The van der Waals surface area contributed by atoms with E-state index in [4.69, 9.17) is 0 Å². The molecule has 5 aromatic rings. The first-order chi connectivity index (χ1) is 18.0. The molecule has 2 amide bonds. The fourth-order valence-electron chi connectivity index (χ4n) is 4.90. The first-order valence-corrected chi connectivity index (χ1v) is 11.9. The summed E-state index contributed by atoms with van der Waals surface area (Å²) in [6.45, 7) is 0. The molecule has 6 nitrogen and oxygen atoms in total. The molecule has 2 bridgehead atoms. The third-order valence-electron chi connectivity index (χ3n) is 6.70. The van der Waals surface area contributed by atoms with Crippen LogP contribution < -0.4 is 15.1 Å². The normalized spacial score (nSPS) is 11.6. The average molecular weight is 486 g/mol. The quantitative estimate of drug-likeness (QED) is 0.263. The molecule has 180 valence electrons. The number of carboxylic acids is 1. The maximum absolute atomic E-state index is 13.4. The summed E-state index contributed by atoms with van der Waals surface area (Å²) in [6, 6.07) is 34.3. The van der Waals surface area contributed by atoms with Crippen LogP contribution in [0.4, 0.5) is 33.2 Å². The Balaban J connectivity index is 1.41. The number of benzene rings is 5. The van der Waals surface area contributed by atoms with Crippen LogP contribution in [0.15, 0.2) is 109 Å². The Morgan fingerprint density at radius 1 is 0.757 bits per heavy atom. The van der Waals surface area contributed by atoms with Crippen LogP contribution in [0.3, 0.4) is 0 Å². The number of aromatic carboxylic acids is 1. The van der Waals surface area contributed by atoms with E-state index >= 15 is 0 Å². The molecule has 6 heteroatoms. The topological polar surface area (TPSA) is 72.9 Å². The molecule has 1 aliphatic heterocycles. The maximum Gasteiger partial charge on any atom is 0.337 e. The highest BCUT2D eigenvalue weighted by Gasteiger charge is 2.38. The van der Waals surface area contributed by atoms with Crippen molar-refractivity contribution in [2.24, 2.45) is 0 Å². The van der Waals surface area contributed by atoms with Gasteiger partial charge in [0, 0.05) is 18.3 Å². The number of nitrogens with one attached hydrogen (secondary N) is 1. The van der Waals surface area contributed by atoms with Gasteiger partial charge in [-0.2, -0.15) is 0 Å². The SMILES string of the molecule is CN(C(=O)Nc1ccc2ccccc2c1)c1c2ccc(-c3ccccc3)c1N2c1ccccc1C(=O)O. The fraction of sp³-hybridized carbons (Fsp3) is 0.0323. The van der Waals surface area contributed by atoms with E-state index in [1.54, 1.807) is 30.1 Å². The van der Waals surface area contributed by atoms with Crippen LogP contribution in [-0.2, 0) is 0 Å². The molecule has 2 N–H and O–H groups in total. The zero-order chi connectivity index (χ0) is 25.5. The van der Waals surface area contributed by atoms with Crippen LogP contribution in [0, 0.1) is 0 Å². The molecule has 1 aliphatic rings. The summed E-state index contributed by atoms with van der Waals surface area (Å²) in [5.74, 6) is -1.00. The number of hydrogen-bond donors (Lipinski definition) is 2. The fourth-order valence-corrected chi connectivity index (χ4v) is 4.90. The molecule has 0 spiro atoms. The van der Waals surface area contributed by atoms with Crippen molar-refractivity contribution in [1.29, 1.82) is 0 Å².